The Morgan fingerprint density at radius 1 is 1.29 bits per heavy atom. The second-order valence-electron chi connectivity index (χ2n) is 6.37. The fraction of sp³-hybridized carbons (Fsp3) is 0.350. The van der Waals surface area contributed by atoms with Gasteiger partial charge < -0.3 is 19.5 Å². The predicted octanol–water partition coefficient (Wildman–Crippen LogP) is 1.92. The topological polar surface area (TPSA) is 90.0 Å². The van der Waals surface area contributed by atoms with E-state index >= 15 is 0 Å². The molecule has 2 heterocycles. The Hall–Kier alpha value is -3.29. The molecule has 1 aromatic heterocycles. The molecule has 28 heavy (non-hydrogen) atoms. The molecular weight excluding hydrogens is 362 g/mol. The number of aromatic nitrogens is 1. The molecule has 2 aromatic rings. The van der Waals surface area contributed by atoms with Crippen LogP contribution in [0.5, 0.6) is 17.2 Å². The van der Waals surface area contributed by atoms with Crippen molar-refractivity contribution in [2.24, 2.45) is 0 Å². The highest BCUT2D eigenvalue weighted by atomic mass is 16.5. The predicted molar refractivity (Wildman–Crippen MR) is 103 cm³/mol. The molecule has 2 amide bonds. The zero-order valence-corrected chi connectivity index (χ0v) is 16.3. The smallest absolute Gasteiger partial charge is 0.282 e. The Bertz CT molecular complexity index is 901. The molecule has 0 aliphatic carbocycles. The molecule has 0 saturated heterocycles. The van der Waals surface area contributed by atoms with Crippen LogP contribution < -0.4 is 24.4 Å². The van der Waals surface area contributed by atoms with Gasteiger partial charge in [-0.1, -0.05) is 0 Å². The van der Waals surface area contributed by atoms with Gasteiger partial charge in [0.25, 0.3) is 17.4 Å². The molecule has 0 radical (unpaired) electrons. The quantitative estimate of drug-likeness (QED) is 0.764. The second kappa shape index (κ2) is 7.75. The minimum atomic E-state index is -1.69. The number of hydrogen-bond acceptors (Lipinski definition) is 6. The number of carbonyl (C=O) groups excluding carboxylic acids is 2. The van der Waals surface area contributed by atoms with Gasteiger partial charge in [0.1, 0.15) is 11.5 Å². The van der Waals surface area contributed by atoms with Crippen LogP contribution in [-0.4, -0.2) is 43.2 Å². The lowest BCUT2D eigenvalue weighted by atomic mass is 10.0. The lowest BCUT2D eigenvalue weighted by molar-refractivity contribution is -0.148. The zero-order valence-electron chi connectivity index (χ0n) is 16.3. The third-order valence-corrected chi connectivity index (χ3v) is 4.66. The highest BCUT2D eigenvalue weighted by Crippen LogP contribution is 2.36. The minimum Gasteiger partial charge on any atom is -0.497 e. The number of fused-ring (bicyclic) bond motifs is 1. The molecule has 0 saturated carbocycles. The maximum atomic E-state index is 13.0. The summed E-state index contributed by atoms with van der Waals surface area (Å²) in [7, 11) is 3.10. The number of ether oxygens (including phenoxy) is 3. The van der Waals surface area contributed by atoms with Gasteiger partial charge in [0.2, 0.25) is 0 Å². The molecule has 0 spiro atoms. The van der Waals surface area contributed by atoms with E-state index < -0.39 is 17.4 Å². The summed E-state index contributed by atoms with van der Waals surface area (Å²) in [5, 5.41) is 2.77. The van der Waals surface area contributed by atoms with Gasteiger partial charge in [-0.3, -0.25) is 14.5 Å². The molecule has 1 atom stereocenters. The fourth-order valence-electron chi connectivity index (χ4n) is 3.06. The van der Waals surface area contributed by atoms with E-state index in [-0.39, 0.29) is 6.54 Å². The van der Waals surface area contributed by atoms with Crippen LogP contribution in [0.4, 0.5) is 5.82 Å². The minimum absolute atomic E-state index is 0.171. The summed E-state index contributed by atoms with van der Waals surface area (Å²) < 4.78 is 16.3. The average Bonchev–Trinajstić information content (AvgIpc) is 2.72. The molecule has 1 N–H and O–H groups in total. The van der Waals surface area contributed by atoms with Gasteiger partial charge in [0, 0.05) is 30.9 Å². The largest absolute Gasteiger partial charge is 0.497 e. The van der Waals surface area contributed by atoms with E-state index in [2.05, 4.69) is 10.3 Å². The standard InChI is InChI=1S/C20H23N3O5/c1-5-23-17-15(7-6-10-21-17)28-20(2,19(23)25)18(24)22-12-13-8-9-14(26-3)11-16(13)27-4/h6-11H,5,12H2,1-4H3,(H,22,24)/t20-/m0/s1. The number of amides is 2. The summed E-state index contributed by atoms with van der Waals surface area (Å²) in [5.41, 5.74) is -0.941. The first kappa shape index (κ1) is 19.5. The first-order chi connectivity index (χ1) is 13.4. The first-order valence-electron chi connectivity index (χ1n) is 8.89. The van der Waals surface area contributed by atoms with E-state index in [0.717, 1.165) is 5.56 Å². The van der Waals surface area contributed by atoms with Crippen molar-refractivity contribution < 1.29 is 23.8 Å². The molecule has 0 unspecified atom stereocenters. The highest BCUT2D eigenvalue weighted by Gasteiger charge is 2.50. The van der Waals surface area contributed by atoms with Crippen molar-refractivity contribution in [1.29, 1.82) is 0 Å². The third kappa shape index (κ3) is 3.33. The molecule has 8 heteroatoms. The van der Waals surface area contributed by atoms with Crippen LogP contribution in [-0.2, 0) is 16.1 Å². The number of hydrogen-bond donors (Lipinski definition) is 1. The summed E-state index contributed by atoms with van der Waals surface area (Å²) in [6.45, 7) is 3.84. The van der Waals surface area contributed by atoms with Crippen LogP contribution in [0, 0.1) is 0 Å². The number of anilines is 1. The number of carbonyl (C=O) groups is 2. The fourth-order valence-corrected chi connectivity index (χ4v) is 3.06. The van der Waals surface area contributed by atoms with Crippen molar-refractivity contribution in [2.45, 2.75) is 26.0 Å². The van der Waals surface area contributed by atoms with Gasteiger partial charge in [-0.15, -0.1) is 0 Å². The Kier molecular flexibility index (Phi) is 5.39. The van der Waals surface area contributed by atoms with E-state index in [9.17, 15) is 9.59 Å². The van der Waals surface area contributed by atoms with Gasteiger partial charge in [-0.2, -0.15) is 0 Å². The van der Waals surface area contributed by atoms with Crippen LogP contribution >= 0.6 is 0 Å². The Labute approximate surface area is 163 Å². The monoisotopic (exact) mass is 385 g/mol. The summed E-state index contributed by atoms with van der Waals surface area (Å²) in [4.78, 5) is 31.5. The molecular formula is C20H23N3O5. The van der Waals surface area contributed by atoms with Crippen molar-refractivity contribution >= 4 is 17.6 Å². The molecule has 1 aliphatic rings. The van der Waals surface area contributed by atoms with Gasteiger partial charge >= 0.3 is 0 Å². The number of benzene rings is 1. The van der Waals surface area contributed by atoms with E-state index in [1.807, 2.05) is 6.92 Å². The molecule has 1 aromatic carbocycles. The Morgan fingerprint density at radius 2 is 2.07 bits per heavy atom. The Balaban J connectivity index is 1.81. The number of nitrogens with one attached hydrogen (secondary N) is 1. The third-order valence-electron chi connectivity index (χ3n) is 4.66. The van der Waals surface area contributed by atoms with Crippen molar-refractivity contribution in [3.8, 4) is 17.2 Å². The maximum absolute atomic E-state index is 13.0. The lowest BCUT2D eigenvalue weighted by Crippen LogP contribution is -2.62. The van der Waals surface area contributed by atoms with Crippen LogP contribution in [0.2, 0.25) is 0 Å². The highest BCUT2D eigenvalue weighted by molar-refractivity contribution is 6.16. The van der Waals surface area contributed by atoms with Gasteiger partial charge in [-0.25, -0.2) is 4.98 Å². The normalized spacial score (nSPS) is 18.1. The molecule has 3 rings (SSSR count). The summed E-state index contributed by atoms with van der Waals surface area (Å²) >= 11 is 0. The Morgan fingerprint density at radius 3 is 2.75 bits per heavy atom. The van der Waals surface area contributed by atoms with E-state index in [0.29, 0.717) is 29.6 Å². The van der Waals surface area contributed by atoms with Crippen molar-refractivity contribution in [2.75, 3.05) is 25.7 Å². The van der Waals surface area contributed by atoms with Gasteiger partial charge in [-0.05, 0) is 38.1 Å². The summed E-state index contributed by atoms with van der Waals surface area (Å²) in [6.07, 6.45) is 1.58. The van der Waals surface area contributed by atoms with Crippen LogP contribution in [0.25, 0.3) is 0 Å². The summed E-state index contributed by atoms with van der Waals surface area (Å²) in [5.74, 6) is 1.03. The van der Waals surface area contributed by atoms with Gasteiger partial charge in [0.15, 0.2) is 11.6 Å². The van der Waals surface area contributed by atoms with E-state index in [1.165, 1.54) is 18.9 Å². The number of rotatable bonds is 6. The molecule has 0 fully saturated rings. The molecule has 148 valence electrons. The van der Waals surface area contributed by atoms with Crippen LogP contribution in [0.15, 0.2) is 36.5 Å². The van der Waals surface area contributed by atoms with Crippen molar-refractivity contribution in [1.82, 2.24) is 10.3 Å². The molecule has 0 bridgehead atoms. The molecule has 1 aliphatic heterocycles. The van der Waals surface area contributed by atoms with E-state index in [1.54, 1.807) is 43.6 Å². The number of methoxy groups -OCH3 is 2. The number of pyridine rings is 1. The van der Waals surface area contributed by atoms with Crippen molar-refractivity contribution in [3.63, 3.8) is 0 Å². The maximum Gasteiger partial charge on any atom is 0.282 e. The van der Waals surface area contributed by atoms with Crippen LogP contribution in [0.1, 0.15) is 19.4 Å². The molecule has 8 nitrogen and oxygen atoms in total. The first-order valence-corrected chi connectivity index (χ1v) is 8.89. The number of likely N-dealkylation sites (N-methyl/N-ethyl adjacent to an activating group) is 1. The van der Waals surface area contributed by atoms with Crippen LogP contribution in [0.3, 0.4) is 0 Å². The number of nitrogens with zero attached hydrogens (tertiary/aromatic N) is 2. The second-order valence-corrected chi connectivity index (χ2v) is 6.37. The van der Waals surface area contributed by atoms with Gasteiger partial charge in [0.05, 0.1) is 14.2 Å². The zero-order chi connectivity index (χ0) is 20.3. The summed E-state index contributed by atoms with van der Waals surface area (Å²) in [6, 6.07) is 8.68. The lowest BCUT2D eigenvalue weighted by Gasteiger charge is -2.38. The van der Waals surface area contributed by atoms with Crippen molar-refractivity contribution in [3.05, 3.63) is 42.1 Å². The van der Waals surface area contributed by atoms with E-state index in [4.69, 9.17) is 14.2 Å². The average molecular weight is 385 g/mol. The SMILES string of the molecule is CCN1C(=O)[C@](C)(C(=O)NCc2ccc(OC)cc2OC)Oc2cccnc21.